The van der Waals surface area contributed by atoms with Crippen molar-refractivity contribution in [2.75, 3.05) is 6.61 Å². The maximum Gasteiger partial charge on any atom is 0.310 e. The van der Waals surface area contributed by atoms with Crippen molar-refractivity contribution in [3.63, 3.8) is 0 Å². The van der Waals surface area contributed by atoms with Crippen molar-refractivity contribution in [1.29, 1.82) is 0 Å². The fraction of sp³-hybridized carbons (Fsp3) is 0.600. The van der Waals surface area contributed by atoms with Gasteiger partial charge < -0.3 is 9.84 Å². The SMILES string of the molecule is CCOC(=O)C1CC=CCC1C(=O)O. The number of esters is 1. The maximum atomic E-state index is 11.4. The van der Waals surface area contributed by atoms with E-state index in [1.807, 2.05) is 6.08 Å². The molecule has 0 spiro atoms. The molecule has 0 saturated carbocycles. The molecule has 0 radical (unpaired) electrons. The smallest absolute Gasteiger partial charge is 0.310 e. The van der Waals surface area contributed by atoms with E-state index >= 15 is 0 Å². The number of ether oxygens (including phenoxy) is 1. The number of carbonyl (C=O) groups excluding carboxylic acids is 1. The first-order valence-electron chi connectivity index (χ1n) is 4.71. The molecule has 2 atom stereocenters. The standard InChI is InChI=1S/C10H14O4/c1-2-14-10(13)8-6-4-3-5-7(8)9(11)12/h3-4,7-8H,2,5-6H2,1H3,(H,11,12). The third kappa shape index (κ3) is 2.34. The summed E-state index contributed by atoms with van der Waals surface area (Å²) in [5.74, 6) is -2.46. The summed E-state index contributed by atoms with van der Waals surface area (Å²) in [4.78, 5) is 22.2. The minimum Gasteiger partial charge on any atom is -0.481 e. The summed E-state index contributed by atoms with van der Waals surface area (Å²) in [6, 6.07) is 0. The second-order valence-corrected chi connectivity index (χ2v) is 3.25. The number of allylic oxidation sites excluding steroid dienone is 2. The Morgan fingerprint density at radius 3 is 2.43 bits per heavy atom. The van der Waals surface area contributed by atoms with Gasteiger partial charge in [-0.05, 0) is 19.8 Å². The molecule has 1 aliphatic carbocycles. The molecule has 0 aliphatic heterocycles. The Morgan fingerprint density at radius 1 is 1.36 bits per heavy atom. The Balaban J connectivity index is 2.69. The lowest BCUT2D eigenvalue weighted by molar-refractivity contribution is -0.157. The predicted octanol–water partition coefficient (Wildman–Crippen LogP) is 1.22. The van der Waals surface area contributed by atoms with Gasteiger partial charge in [-0.1, -0.05) is 12.2 Å². The highest BCUT2D eigenvalue weighted by atomic mass is 16.5. The Bertz CT molecular complexity index is 257. The molecular weight excluding hydrogens is 184 g/mol. The molecule has 0 amide bonds. The van der Waals surface area contributed by atoms with Gasteiger partial charge in [0.2, 0.25) is 0 Å². The molecular formula is C10H14O4. The Hall–Kier alpha value is -1.32. The van der Waals surface area contributed by atoms with Gasteiger partial charge in [-0.2, -0.15) is 0 Å². The highest BCUT2D eigenvalue weighted by Gasteiger charge is 2.34. The molecule has 0 aromatic rings. The minimum absolute atomic E-state index is 0.297. The van der Waals surface area contributed by atoms with E-state index in [9.17, 15) is 9.59 Å². The summed E-state index contributed by atoms with van der Waals surface area (Å²) in [6.07, 6.45) is 4.52. The second kappa shape index (κ2) is 4.79. The summed E-state index contributed by atoms with van der Waals surface area (Å²) in [6.45, 7) is 2.01. The summed E-state index contributed by atoms with van der Waals surface area (Å²) in [5, 5.41) is 8.88. The highest BCUT2D eigenvalue weighted by Crippen LogP contribution is 2.26. The van der Waals surface area contributed by atoms with E-state index in [-0.39, 0.29) is 0 Å². The average molecular weight is 198 g/mol. The summed E-state index contributed by atoms with van der Waals surface area (Å²) in [7, 11) is 0. The van der Waals surface area contributed by atoms with Gasteiger partial charge in [-0.3, -0.25) is 9.59 Å². The second-order valence-electron chi connectivity index (χ2n) is 3.25. The van der Waals surface area contributed by atoms with E-state index < -0.39 is 23.8 Å². The minimum atomic E-state index is -0.924. The molecule has 4 nitrogen and oxygen atoms in total. The molecule has 0 heterocycles. The van der Waals surface area contributed by atoms with Crippen molar-refractivity contribution in [2.45, 2.75) is 19.8 Å². The van der Waals surface area contributed by atoms with Crippen LogP contribution in [0.1, 0.15) is 19.8 Å². The quantitative estimate of drug-likeness (QED) is 0.547. The molecule has 0 aromatic carbocycles. The van der Waals surface area contributed by atoms with E-state index in [1.165, 1.54) is 0 Å². The first kappa shape index (κ1) is 10.8. The fourth-order valence-electron chi connectivity index (χ4n) is 1.60. The van der Waals surface area contributed by atoms with Crippen LogP contribution in [-0.4, -0.2) is 23.7 Å². The van der Waals surface area contributed by atoms with Gasteiger partial charge in [0.25, 0.3) is 0 Å². The van der Waals surface area contributed by atoms with Crippen LogP contribution in [0.3, 0.4) is 0 Å². The van der Waals surface area contributed by atoms with Gasteiger partial charge >= 0.3 is 11.9 Å². The molecule has 0 saturated heterocycles. The van der Waals surface area contributed by atoms with E-state index in [0.717, 1.165) is 0 Å². The van der Waals surface area contributed by atoms with Crippen molar-refractivity contribution >= 4 is 11.9 Å². The number of carboxylic acid groups (broad SMARTS) is 1. The van der Waals surface area contributed by atoms with E-state index in [1.54, 1.807) is 13.0 Å². The van der Waals surface area contributed by atoms with Gasteiger partial charge in [0.1, 0.15) is 0 Å². The molecule has 4 heteroatoms. The first-order chi connectivity index (χ1) is 6.66. The van der Waals surface area contributed by atoms with Crippen LogP contribution in [0.5, 0.6) is 0 Å². The van der Waals surface area contributed by atoms with Gasteiger partial charge in [-0.15, -0.1) is 0 Å². The van der Waals surface area contributed by atoms with Crippen LogP contribution in [-0.2, 0) is 14.3 Å². The average Bonchev–Trinajstić information content (AvgIpc) is 2.18. The van der Waals surface area contributed by atoms with E-state index in [0.29, 0.717) is 19.4 Å². The fourth-order valence-corrected chi connectivity index (χ4v) is 1.60. The molecule has 78 valence electrons. The van der Waals surface area contributed by atoms with E-state index in [2.05, 4.69) is 0 Å². The van der Waals surface area contributed by atoms with E-state index in [4.69, 9.17) is 9.84 Å². The Kier molecular flexibility index (Phi) is 3.68. The third-order valence-electron chi connectivity index (χ3n) is 2.34. The van der Waals surface area contributed by atoms with Crippen LogP contribution >= 0.6 is 0 Å². The Morgan fingerprint density at radius 2 is 1.93 bits per heavy atom. The van der Waals surface area contributed by atoms with Crippen molar-refractivity contribution in [1.82, 2.24) is 0 Å². The molecule has 2 unspecified atom stereocenters. The molecule has 1 rings (SSSR count). The summed E-state index contributed by atoms with van der Waals surface area (Å²) < 4.78 is 4.83. The Labute approximate surface area is 82.6 Å². The molecule has 1 aliphatic rings. The molecule has 0 fully saturated rings. The van der Waals surface area contributed by atoms with Crippen LogP contribution < -0.4 is 0 Å². The largest absolute Gasteiger partial charge is 0.481 e. The summed E-state index contributed by atoms with van der Waals surface area (Å²) >= 11 is 0. The molecule has 14 heavy (non-hydrogen) atoms. The topological polar surface area (TPSA) is 63.6 Å². The lowest BCUT2D eigenvalue weighted by Gasteiger charge is -2.22. The number of carboxylic acids is 1. The number of rotatable bonds is 3. The normalized spacial score (nSPS) is 25.8. The lowest BCUT2D eigenvalue weighted by Crippen LogP contribution is -2.32. The predicted molar refractivity (Wildman–Crippen MR) is 49.6 cm³/mol. The van der Waals surface area contributed by atoms with Crippen LogP contribution in [0.15, 0.2) is 12.2 Å². The van der Waals surface area contributed by atoms with Gasteiger partial charge in [0.05, 0.1) is 18.4 Å². The van der Waals surface area contributed by atoms with Crippen molar-refractivity contribution in [2.24, 2.45) is 11.8 Å². The van der Waals surface area contributed by atoms with Gasteiger partial charge in [-0.25, -0.2) is 0 Å². The highest BCUT2D eigenvalue weighted by molar-refractivity contribution is 5.81. The monoisotopic (exact) mass is 198 g/mol. The number of hydrogen-bond acceptors (Lipinski definition) is 3. The molecule has 0 bridgehead atoms. The van der Waals surface area contributed by atoms with Crippen LogP contribution in [0.4, 0.5) is 0 Å². The van der Waals surface area contributed by atoms with Crippen molar-refractivity contribution in [3.8, 4) is 0 Å². The van der Waals surface area contributed by atoms with Gasteiger partial charge in [0.15, 0.2) is 0 Å². The lowest BCUT2D eigenvalue weighted by atomic mass is 9.83. The van der Waals surface area contributed by atoms with Crippen LogP contribution in [0, 0.1) is 11.8 Å². The number of carbonyl (C=O) groups is 2. The third-order valence-corrected chi connectivity index (χ3v) is 2.34. The summed E-state index contributed by atoms with van der Waals surface area (Å²) in [5.41, 5.74) is 0. The van der Waals surface area contributed by atoms with Crippen molar-refractivity contribution in [3.05, 3.63) is 12.2 Å². The number of aliphatic carboxylic acids is 1. The zero-order chi connectivity index (χ0) is 10.6. The zero-order valence-electron chi connectivity index (χ0n) is 8.10. The molecule has 0 aromatic heterocycles. The van der Waals surface area contributed by atoms with Crippen LogP contribution in [0.2, 0.25) is 0 Å². The van der Waals surface area contributed by atoms with Crippen LogP contribution in [0.25, 0.3) is 0 Å². The first-order valence-corrected chi connectivity index (χ1v) is 4.71. The molecule has 1 N–H and O–H groups in total. The van der Waals surface area contributed by atoms with Gasteiger partial charge in [0, 0.05) is 0 Å². The zero-order valence-corrected chi connectivity index (χ0v) is 8.10. The number of hydrogen-bond donors (Lipinski definition) is 1. The van der Waals surface area contributed by atoms with Crippen molar-refractivity contribution < 1.29 is 19.4 Å². The maximum absolute atomic E-state index is 11.4.